The van der Waals surface area contributed by atoms with Gasteiger partial charge in [0.25, 0.3) is 0 Å². The van der Waals surface area contributed by atoms with Crippen molar-refractivity contribution in [3.63, 3.8) is 0 Å². The van der Waals surface area contributed by atoms with E-state index in [2.05, 4.69) is 0 Å². The lowest BCUT2D eigenvalue weighted by Crippen LogP contribution is -2.24. The van der Waals surface area contributed by atoms with Gasteiger partial charge in [-0.1, -0.05) is 32.9 Å². The van der Waals surface area contributed by atoms with Crippen LogP contribution in [-0.4, -0.2) is 16.9 Å². The number of carbonyl (C=O) groups is 2. The predicted molar refractivity (Wildman–Crippen MR) is 124 cm³/mol. The topological polar surface area (TPSA) is 54.4 Å². The molecule has 0 radical (unpaired) electrons. The molecule has 180 valence electrons. The van der Waals surface area contributed by atoms with Crippen molar-refractivity contribution in [2.75, 3.05) is 0 Å². The minimum atomic E-state index is -4.44. The maximum absolute atomic E-state index is 13.7. The summed E-state index contributed by atoms with van der Waals surface area (Å²) in [5.41, 5.74) is 4.76. The SMILES string of the molecule is CCc1cc(CCC(=O)c2sc(C(F)(F)F)c3c2CCC(C)(C)C3)cc(C)c1CCC(=O)O. The lowest BCUT2D eigenvalue weighted by molar-refractivity contribution is -0.137. The van der Waals surface area contributed by atoms with E-state index < -0.39 is 17.0 Å². The number of alkyl halides is 3. The molecule has 0 saturated heterocycles. The van der Waals surface area contributed by atoms with Crippen molar-refractivity contribution in [1.82, 2.24) is 0 Å². The molecule has 33 heavy (non-hydrogen) atoms. The van der Waals surface area contributed by atoms with E-state index in [4.69, 9.17) is 5.11 Å². The lowest BCUT2D eigenvalue weighted by Gasteiger charge is -2.30. The Morgan fingerprint density at radius 1 is 1.12 bits per heavy atom. The van der Waals surface area contributed by atoms with Crippen LogP contribution in [0.15, 0.2) is 12.1 Å². The van der Waals surface area contributed by atoms with Crippen LogP contribution in [0.25, 0.3) is 0 Å². The number of carbonyl (C=O) groups excluding carboxylic acids is 1. The summed E-state index contributed by atoms with van der Waals surface area (Å²) in [6.45, 7) is 7.90. The van der Waals surface area contributed by atoms with Gasteiger partial charge >= 0.3 is 12.1 Å². The highest BCUT2D eigenvalue weighted by atomic mass is 32.1. The zero-order valence-electron chi connectivity index (χ0n) is 19.6. The molecule has 1 aromatic heterocycles. The van der Waals surface area contributed by atoms with Crippen molar-refractivity contribution < 1.29 is 27.9 Å². The lowest BCUT2D eigenvalue weighted by atomic mass is 9.74. The van der Waals surface area contributed by atoms with Crippen LogP contribution in [-0.2, 0) is 43.1 Å². The standard InChI is InChI=1S/C26H31F3O3S/c1-5-17-13-16(12-15(2)18(17)7-9-22(31)32)6-8-21(30)23-19-10-11-25(3,4)14-20(19)24(33-23)26(27,28)29/h12-13H,5-11,14H2,1-4H3,(H,31,32). The Kier molecular flexibility index (Phi) is 7.42. The molecule has 0 spiro atoms. The van der Waals surface area contributed by atoms with Gasteiger partial charge in [0.15, 0.2) is 5.78 Å². The van der Waals surface area contributed by atoms with Crippen LogP contribution in [0.4, 0.5) is 13.2 Å². The van der Waals surface area contributed by atoms with Crippen molar-refractivity contribution >= 4 is 23.1 Å². The van der Waals surface area contributed by atoms with Gasteiger partial charge in [0, 0.05) is 12.8 Å². The van der Waals surface area contributed by atoms with Crippen LogP contribution in [0.3, 0.4) is 0 Å². The number of carboxylic acid groups (broad SMARTS) is 1. The van der Waals surface area contributed by atoms with Crippen LogP contribution in [0.5, 0.6) is 0 Å². The molecule has 1 heterocycles. The van der Waals surface area contributed by atoms with E-state index in [0.29, 0.717) is 48.1 Å². The number of thiophene rings is 1. The van der Waals surface area contributed by atoms with Crippen molar-refractivity contribution in [1.29, 1.82) is 0 Å². The third-order valence-corrected chi connectivity index (χ3v) is 7.93. The number of rotatable bonds is 8. The Morgan fingerprint density at radius 3 is 2.42 bits per heavy atom. The van der Waals surface area contributed by atoms with E-state index in [-0.39, 0.29) is 28.9 Å². The molecular formula is C26H31F3O3S. The van der Waals surface area contributed by atoms with Gasteiger partial charge in [-0.3, -0.25) is 9.59 Å². The van der Waals surface area contributed by atoms with Crippen LogP contribution in [0.1, 0.15) is 88.0 Å². The number of fused-ring (bicyclic) bond motifs is 1. The normalized spacial score (nSPS) is 15.4. The number of halogens is 3. The summed E-state index contributed by atoms with van der Waals surface area (Å²) in [7, 11) is 0. The van der Waals surface area contributed by atoms with Gasteiger partial charge in [-0.15, -0.1) is 11.3 Å². The molecule has 0 amide bonds. The second-order valence-corrected chi connectivity index (χ2v) is 10.8. The maximum atomic E-state index is 13.7. The predicted octanol–water partition coefficient (Wildman–Crippen LogP) is 6.99. The summed E-state index contributed by atoms with van der Waals surface area (Å²) in [5, 5.41) is 9.00. The van der Waals surface area contributed by atoms with Crippen molar-refractivity contribution in [3.8, 4) is 0 Å². The Morgan fingerprint density at radius 2 is 1.82 bits per heavy atom. The van der Waals surface area contributed by atoms with Crippen LogP contribution < -0.4 is 0 Å². The molecule has 2 aromatic rings. The molecule has 1 aliphatic rings. The van der Waals surface area contributed by atoms with Crippen LogP contribution in [0.2, 0.25) is 0 Å². The molecule has 0 aliphatic heterocycles. The zero-order chi connectivity index (χ0) is 24.6. The molecule has 1 aromatic carbocycles. The van der Waals surface area contributed by atoms with Gasteiger partial charge < -0.3 is 5.11 Å². The Bertz CT molecular complexity index is 1060. The first-order valence-corrected chi connectivity index (χ1v) is 12.2. The largest absolute Gasteiger partial charge is 0.481 e. The fourth-order valence-electron chi connectivity index (χ4n) is 4.83. The summed E-state index contributed by atoms with van der Waals surface area (Å²) in [6.07, 6.45) is -0.943. The molecule has 1 aliphatic carbocycles. The highest BCUT2D eigenvalue weighted by Gasteiger charge is 2.42. The summed E-state index contributed by atoms with van der Waals surface area (Å²) < 4.78 is 41.1. The molecule has 3 rings (SSSR count). The number of aryl methyl sites for hydroxylation is 3. The third kappa shape index (κ3) is 5.86. The quantitative estimate of drug-likeness (QED) is 0.415. The van der Waals surface area contributed by atoms with E-state index in [1.807, 2.05) is 39.8 Å². The van der Waals surface area contributed by atoms with Gasteiger partial charge in [0.05, 0.1) is 4.88 Å². The number of aliphatic carboxylic acids is 1. The van der Waals surface area contributed by atoms with Gasteiger partial charge in [-0.25, -0.2) is 0 Å². The summed E-state index contributed by atoms with van der Waals surface area (Å²) in [6, 6.07) is 3.97. The van der Waals surface area contributed by atoms with Gasteiger partial charge in [0.2, 0.25) is 0 Å². The monoisotopic (exact) mass is 480 g/mol. The second-order valence-electron chi connectivity index (χ2n) is 9.78. The minimum absolute atomic E-state index is 0.0630. The van der Waals surface area contributed by atoms with Crippen LogP contribution >= 0.6 is 11.3 Å². The first kappa shape index (κ1) is 25.5. The average Bonchev–Trinajstić information content (AvgIpc) is 3.08. The van der Waals surface area contributed by atoms with Gasteiger partial charge in [-0.05, 0) is 84.2 Å². The van der Waals surface area contributed by atoms with Gasteiger partial charge in [0.1, 0.15) is 4.88 Å². The highest BCUT2D eigenvalue weighted by Crippen LogP contribution is 2.47. The number of ketones is 1. The average molecular weight is 481 g/mol. The molecule has 0 bridgehead atoms. The Hall–Kier alpha value is -2.15. The van der Waals surface area contributed by atoms with Crippen molar-refractivity contribution in [2.45, 2.75) is 85.2 Å². The molecule has 0 atom stereocenters. The summed E-state index contributed by atoms with van der Waals surface area (Å²) in [5.74, 6) is -1.07. The van der Waals surface area contributed by atoms with E-state index in [1.165, 1.54) is 0 Å². The van der Waals surface area contributed by atoms with Gasteiger partial charge in [-0.2, -0.15) is 13.2 Å². The fraction of sp³-hybridized carbons (Fsp3) is 0.538. The number of hydrogen-bond donors (Lipinski definition) is 1. The third-order valence-electron chi connectivity index (χ3n) is 6.57. The highest BCUT2D eigenvalue weighted by molar-refractivity contribution is 7.14. The van der Waals surface area contributed by atoms with E-state index in [0.717, 1.165) is 35.1 Å². The molecule has 3 nitrogen and oxygen atoms in total. The smallest absolute Gasteiger partial charge is 0.425 e. The fourth-order valence-corrected chi connectivity index (χ4v) is 6.03. The van der Waals surface area contributed by atoms with Crippen molar-refractivity contribution in [2.24, 2.45) is 5.41 Å². The zero-order valence-corrected chi connectivity index (χ0v) is 20.4. The first-order chi connectivity index (χ1) is 15.3. The molecule has 0 saturated carbocycles. The molecule has 1 N–H and O–H groups in total. The van der Waals surface area contributed by atoms with E-state index in [9.17, 15) is 22.8 Å². The maximum Gasteiger partial charge on any atom is 0.425 e. The Balaban J connectivity index is 1.82. The first-order valence-electron chi connectivity index (χ1n) is 11.4. The van der Waals surface area contributed by atoms with Crippen LogP contribution in [0, 0.1) is 12.3 Å². The number of Topliss-reactive ketones (excluding diaryl/α,β-unsaturated/α-hetero) is 1. The second kappa shape index (κ2) is 9.61. The minimum Gasteiger partial charge on any atom is -0.481 e. The summed E-state index contributed by atoms with van der Waals surface area (Å²) >= 11 is 0.619. The number of hydrogen-bond acceptors (Lipinski definition) is 3. The number of benzene rings is 1. The molecule has 0 unspecified atom stereocenters. The molecular weight excluding hydrogens is 449 g/mol. The van der Waals surface area contributed by atoms with E-state index >= 15 is 0 Å². The molecule has 0 fully saturated rings. The van der Waals surface area contributed by atoms with E-state index in [1.54, 1.807) is 0 Å². The number of carboxylic acids is 1. The molecule has 7 heteroatoms. The summed E-state index contributed by atoms with van der Waals surface area (Å²) in [4.78, 5) is 23.7. The Labute approximate surface area is 197 Å². The van der Waals surface area contributed by atoms with Crippen molar-refractivity contribution in [3.05, 3.63) is 55.3 Å².